The molecule has 1 atom stereocenters. The van der Waals surface area contributed by atoms with Gasteiger partial charge < -0.3 is 19.7 Å². The molecular formula is C16H17BrN2O4. The minimum atomic E-state index is -1.01. The Morgan fingerprint density at radius 2 is 2.22 bits per heavy atom. The molecule has 1 fully saturated rings. The predicted octanol–water partition coefficient (Wildman–Crippen LogP) is 2.49. The minimum Gasteiger partial charge on any atom is -0.481 e. The summed E-state index contributed by atoms with van der Waals surface area (Å²) in [5, 5.41) is 10.4. The van der Waals surface area contributed by atoms with E-state index in [-0.39, 0.29) is 19.1 Å². The molecule has 0 aliphatic carbocycles. The number of hydrogen-bond donors (Lipinski definition) is 2. The van der Waals surface area contributed by atoms with E-state index < -0.39 is 11.4 Å². The predicted molar refractivity (Wildman–Crippen MR) is 88.5 cm³/mol. The summed E-state index contributed by atoms with van der Waals surface area (Å²) < 4.78 is 5.98. The van der Waals surface area contributed by atoms with Gasteiger partial charge in [0.25, 0.3) is 5.91 Å². The third kappa shape index (κ3) is 2.86. The molecule has 0 saturated carbocycles. The Balaban J connectivity index is 1.84. The highest BCUT2D eigenvalue weighted by atomic mass is 79.9. The van der Waals surface area contributed by atoms with Crippen molar-refractivity contribution >= 4 is 38.7 Å². The number of rotatable bonds is 4. The number of H-pyrrole nitrogens is 1. The summed E-state index contributed by atoms with van der Waals surface area (Å²) >= 11 is 3.40. The van der Waals surface area contributed by atoms with Gasteiger partial charge in [0.2, 0.25) is 0 Å². The van der Waals surface area contributed by atoms with Gasteiger partial charge in [-0.15, -0.1) is 0 Å². The summed E-state index contributed by atoms with van der Waals surface area (Å²) in [6.45, 7) is 0.674. The van der Waals surface area contributed by atoms with E-state index >= 15 is 0 Å². The number of fused-ring (bicyclic) bond motifs is 1. The first-order chi connectivity index (χ1) is 10.9. The molecule has 2 heterocycles. The molecule has 2 N–H and O–H groups in total. The molecule has 1 aliphatic rings. The number of aliphatic carboxylic acids is 1. The van der Waals surface area contributed by atoms with Crippen molar-refractivity contribution in [1.29, 1.82) is 0 Å². The SMILES string of the molecule is COCC1(C(=O)O)CCN(C(=O)c2cc3ccc(Br)cc3[nH]2)C1. The number of nitrogens with zero attached hydrogens (tertiary/aromatic N) is 1. The Bertz CT molecular complexity index is 773. The van der Waals surface area contributed by atoms with E-state index in [2.05, 4.69) is 20.9 Å². The van der Waals surface area contributed by atoms with Gasteiger partial charge in [-0.05, 0) is 24.6 Å². The van der Waals surface area contributed by atoms with Crippen LogP contribution in [0.5, 0.6) is 0 Å². The Kier molecular flexibility index (Phi) is 4.16. The van der Waals surface area contributed by atoms with Crippen molar-refractivity contribution in [3.05, 3.63) is 34.4 Å². The monoisotopic (exact) mass is 380 g/mol. The first-order valence-corrected chi connectivity index (χ1v) is 8.04. The van der Waals surface area contributed by atoms with Crippen molar-refractivity contribution in [2.75, 3.05) is 26.8 Å². The average molecular weight is 381 g/mol. The lowest BCUT2D eigenvalue weighted by atomic mass is 9.88. The van der Waals surface area contributed by atoms with E-state index in [0.29, 0.717) is 18.7 Å². The Morgan fingerprint density at radius 1 is 1.43 bits per heavy atom. The Morgan fingerprint density at radius 3 is 2.91 bits per heavy atom. The molecule has 3 rings (SSSR count). The number of halogens is 1. The lowest BCUT2D eigenvalue weighted by molar-refractivity contribution is -0.151. The highest BCUT2D eigenvalue weighted by Crippen LogP contribution is 2.32. The van der Waals surface area contributed by atoms with Crippen LogP contribution in [-0.2, 0) is 9.53 Å². The largest absolute Gasteiger partial charge is 0.481 e. The number of ether oxygens (including phenoxy) is 1. The highest BCUT2D eigenvalue weighted by Gasteiger charge is 2.46. The molecule has 0 spiro atoms. The normalized spacial score (nSPS) is 21.0. The lowest BCUT2D eigenvalue weighted by Crippen LogP contribution is -2.40. The molecule has 1 aliphatic heterocycles. The van der Waals surface area contributed by atoms with Gasteiger partial charge in [0, 0.05) is 35.6 Å². The van der Waals surface area contributed by atoms with Gasteiger partial charge >= 0.3 is 5.97 Å². The topological polar surface area (TPSA) is 82.6 Å². The third-order valence-electron chi connectivity index (χ3n) is 4.33. The molecule has 1 saturated heterocycles. The van der Waals surface area contributed by atoms with Crippen LogP contribution < -0.4 is 0 Å². The molecular weight excluding hydrogens is 364 g/mol. The number of likely N-dealkylation sites (tertiary alicyclic amines) is 1. The van der Waals surface area contributed by atoms with Crippen molar-refractivity contribution in [2.24, 2.45) is 5.41 Å². The molecule has 7 heteroatoms. The average Bonchev–Trinajstić information content (AvgIpc) is 3.11. The quantitative estimate of drug-likeness (QED) is 0.853. The number of benzene rings is 1. The number of aromatic amines is 1. The number of carboxylic acid groups (broad SMARTS) is 1. The van der Waals surface area contributed by atoms with Crippen LogP contribution in [0, 0.1) is 5.41 Å². The Hall–Kier alpha value is -1.86. The summed E-state index contributed by atoms with van der Waals surface area (Å²) in [7, 11) is 1.48. The van der Waals surface area contributed by atoms with E-state index in [1.807, 2.05) is 18.2 Å². The zero-order chi connectivity index (χ0) is 16.6. The molecule has 1 aromatic carbocycles. The fraction of sp³-hybridized carbons (Fsp3) is 0.375. The number of carbonyl (C=O) groups excluding carboxylic acids is 1. The lowest BCUT2D eigenvalue weighted by Gasteiger charge is -2.23. The first kappa shape index (κ1) is 16.0. The molecule has 0 bridgehead atoms. The fourth-order valence-electron chi connectivity index (χ4n) is 3.06. The molecule has 6 nitrogen and oxygen atoms in total. The summed E-state index contributed by atoms with van der Waals surface area (Å²) in [5.41, 5.74) is 0.319. The first-order valence-electron chi connectivity index (χ1n) is 7.25. The van der Waals surface area contributed by atoms with Gasteiger partial charge in [-0.1, -0.05) is 22.0 Å². The van der Waals surface area contributed by atoms with Crippen molar-refractivity contribution in [2.45, 2.75) is 6.42 Å². The zero-order valence-electron chi connectivity index (χ0n) is 12.6. The van der Waals surface area contributed by atoms with Gasteiger partial charge in [0.1, 0.15) is 11.1 Å². The van der Waals surface area contributed by atoms with Crippen molar-refractivity contribution in [1.82, 2.24) is 9.88 Å². The van der Waals surface area contributed by atoms with Crippen LogP contribution in [0.2, 0.25) is 0 Å². The minimum absolute atomic E-state index is 0.103. The van der Waals surface area contributed by atoms with E-state index in [1.54, 1.807) is 11.0 Å². The van der Waals surface area contributed by atoms with E-state index in [1.165, 1.54) is 7.11 Å². The second-order valence-electron chi connectivity index (χ2n) is 5.91. The second kappa shape index (κ2) is 5.98. The van der Waals surface area contributed by atoms with Crippen molar-refractivity contribution in [3.8, 4) is 0 Å². The number of carbonyl (C=O) groups is 2. The molecule has 1 aromatic heterocycles. The van der Waals surface area contributed by atoms with E-state index in [9.17, 15) is 14.7 Å². The molecule has 122 valence electrons. The van der Waals surface area contributed by atoms with Crippen LogP contribution >= 0.6 is 15.9 Å². The van der Waals surface area contributed by atoms with Crippen LogP contribution in [0.15, 0.2) is 28.7 Å². The standard InChI is InChI=1S/C16H17BrN2O4/c1-23-9-16(15(21)22)4-5-19(8-16)14(20)13-6-10-2-3-11(17)7-12(10)18-13/h2-3,6-7,18H,4-5,8-9H2,1H3,(H,21,22). The molecule has 0 radical (unpaired) electrons. The number of amides is 1. The number of nitrogens with one attached hydrogen (secondary N) is 1. The molecule has 23 heavy (non-hydrogen) atoms. The molecule has 2 aromatic rings. The number of carboxylic acids is 1. The van der Waals surface area contributed by atoms with Crippen LogP contribution in [0.3, 0.4) is 0 Å². The van der Waals surface area contributed by atoms with E-state index in [0.717, 1.165) is 15.4 Å². The maximum atomic E-state index is 12.7. The summed E-state index contributed by atoms with van der Waals surface area (Å²) in [6.07, 6.45) is 0.397. The highest BCUT2D eigenvalue weighted by molar-refractivity contribution is 9.10. The van der Waals surface area contributed by atoms with Gasteiger partial charge in [0.05, 0.1) is 6.61 Å². The smallest absolute Gasteiger partial charge is 0.313 e. The third-order valence-corrected chi connectivity index (χ3v) is 4.82. The van der Waals surface area contributed by atoms with Gasteiger partial charge in [-0.25, -0.2) is 0 Å². The van der Waals surface area contributed by atoms with Crippen LogP contribution in [0.4, 0.5) is 0 Å². The van der Waals surface area contributed by atoms with Crippen molar-refractivity contribution in [3.63, 3.8) is 0 Å². The Labute approximate surface area is 141 Å². The van der Waals surface area contributed by atoms with Crippen LogP contribution in [-0.4, -0.2) is 53.7 Å². The van der Waals surface area contributed by atoms with Gasteiger partial charge in [-0.3, -0.25) is 9.59 Å². The number of hydrogen-bond acceptors (Lipinski definition) is 3. The van der Waals surface area contributed by atoms with Crippen molar-refractivity contribution < 1.29 is 19.4 Å². The fourth-order valence-corrected chi connectivity index (χ4v) is 3.42. The molecule has 1 amide bonds. The maximum Gasteiger partial charge on any atom is 0.313 e. The number of aromatic nitrogens is 1. The zero-order valence-corrected chi connectivity index (χ0v) is 14.2. The van der Waals surface area contributed by atoms with Crippen LogP contribution in [0.1, 0.15) is 16.9 Å². The molecule has 1 unspecified atom stereocenters. The number of methoxy groups -OCH3 is 1. The van der Waals surface area contributed by atoms with Crippen LogP contribution in [0.25, 0.3) is 10.9 Å². The van der Waals surface area contributed by atoms with Gasteiger partial charge in [0.15, 0.2) is 0 Å². The second-order valence-corrected chi connectivity index (χ2v) is 6.83. The van der Waals surface area contributed by atoms with E-state index in [4.69, 9.17) is 4.74 Å². The van der Waals surface area contributed by atoms with Gasteiger partial charge in [-0.2, -0.15) is 0 Å². The maximum absolute atomic E-state index is 12.7. The summed E-state index contributed by atoms with van der Waals surface area (Å²) in [5.74, 6) is -1.10. The summed E-state index contributed by atoms with van der Waals surface area (Å²) in [6, 6.07) is 7.53. The summed E-state index contributed by atoms with van der Waals surface area (Å²) in [4.78, 5) is 28.9.